The maximum Gasteiger partial charge on any atom is 0.305 e. The molecule has 3 aromatic rings. The Balaban J connectivity index is 1.50. The van der Waals surface area contributed by atoms with Gasteiger partial charge >= 0.3 is 5.97 Å². The number of carbonyl (C=O) groups is 2. The van der Waals surface area contributed by atoms with Crippen molar-refractivity contribution in [3.8, 4) is 22.5 Å². The maximum absolute atomic E-state index is 12.5. The van der Waals surface area contributed by atoms with Gasteiger partial charge in [-0.05, 0) is 23.3 Å². The molecule has 4 rings (SSSR count). The number of nitrogens with zero attached hydrogens (tertiary/aromatic N) is 1. The number of carbonyl (C=O) groups excluding carboxylic acids is 1. The molecule has 1 N–H and O–H groups in total. The quantitative estimate of drug-likeness (QED) is 0.419. The molecular formula is C23H17NO4S2. The van der Waals surface area contributed by atoms with Crippen LogP contribution in [-0.2, 0) is 9.59 Å². The van der Waals surface area contributed by atoms with Crippen LogP contribution >= 0.6 is 24.0 Å². The monoisotopic (exact) mass is 435 g/mol. The highest BCUT2D eigenvalue weighted by Gasteiger charge is 2.32. The van der Waals surface area contributed by atoms with E-state index in [4.69, 9.17) is 21.7 Å². The highest BCUT2D eigenvalue weighted by atomic mass is 32.2. The Morgan fingerprint density at radius 2 is 1.67 bits per heavy atom. The number of amides is 1. The van der Waals surface area contributed by atoms with Crippen LogP contribution < -0.4 is 0 Å². The third-order valence-corrected chi connectivity index (χ3v) is 5.98. The molecule has 2 heterocycles. The summed E-state index contributed by atoms with van der Waals surface area (Å²) in [6, 6.07) is 21.9. The van der Waals surface area contributed by atoms with Gasteiger partial charge in [0.15, 0.2) is 0 Å². The van der Waals surface area contributed by atoms with Gasteiger partial charge in [0, 0.05) is 18.2 Å². The van der Waals surface area contributed by atoms with Crippen molar-refractivity contribution in [3.63, 3.8) is 0 Å². The van der Waals surface area contributed by atoms with Gasteiger partial charge in [0.1, 0.15) is 15.8 Å². The van der Waals surface area contributed by atoms with E-state index in [0.717, 1.165) is 28.5 Å². The first-order valence-corrected chi connectivity index (χ1v) is 10.5. The predicted octanol–water partition coefficient (Wildman–Crippen LogP) is 5.29. The molecule has 0 spiro atoms. The van der Waals surface area contributed by atoms with Gasteiger partial charge in [-0.2, -0.15) is 0 Å². The number of benzene rings is 2. The molecule has 150 valence electrons. The molecule has 0 bridgehead atoms. The van der Waals surface area contributed by atoms with Crippen molar-refractivity contribution >= 4 is 46.3 Å². The Morgan fingerprint density at radius 3 is 2.37 bits per heavy atom. The van der Waals surface area contributed by atoms with Crippen molar-refractivity contribution < 1.29 is 19.1 Å². The Kier molecular flexibility index (Phi) is 5.83. The minimum Gasteiger partial charge on any atom is -0.481 e. The van der Waals surface area contributed by atoms with Crippen molar-refractivity contribution in [2.24, 2.45) is 0 Å². The zero-order valence-corrected chi connectivity index (χ0v) is 17.4. The summed E-state index contributed by atoms with van der Waals surface area (Å²) in [6.45, 7) is 0.0640. The topological polar surface area (TPSA) is 70.8 Å². The second kappa shape index (κ2) is 8.69. The molecule has 7 heteroatoms. The highest BCUT2D eigenvalue weighted by molar-refractivity contribution is 8.26. The zero-order chi connectivity index (χ0) is 21.1. The van der Waals surface area contributed by atoms with E-state index in [2.05, 4.69) is 12.1 Å². The molecule has 0 unspecified atom stereocenters. The van der Waals surface area contributed by atoms with E-state index >= 15 is 0 Å². The van der Waals surface area contributed by atoms with Gasteiger partial charge < -0.3 is 9.52 Å². The van der Waals surface area contributed by atoms with Gasteiger partial charge in [-0.3, -0.25) is 14.5 Å². The van der Waals surface area contributed by atoms with Gasteiger partial charge in [-0.25, -0.2) is 0 Å². The summed E-state index contributed by atoms with van der Waals surface area (Å²) in [7, 11) is 0. The lowest BCUT2D eigenvalue weighted by Crippen LogP contribution is -2.30. The van der Waals surface area contributed by atoms with Gasteiger partial charge in [-0.15, -0.1) is 0 Å². The van der Waals surface area contributed by atoms with Crippen molar-refractivity contribution in [3.05, 3.63) is 77.4 Å². The lowest BCUT2D eigenvalue weighted by Gasteiger charge is -2.12. The second-order valence-electron chi connectivity index (χ2n) is 6.62. The fourth-order valence-corrected chi connectivity index (χ4v) is 4.36. The van der Waals surface area contributed by atoms with E-state index in [0.29, 0.717) is 20.7 Å². The minimum atomic E-state index is -0.970. The Hall–Kier alpha value is -3.16. The first kappa shape index (κ1) is 20.1. The third-order valence-electron chi connectivity index (χ3n) is 4.60. The van der Waals surface area contributed by atoms with Gasteiger partial charge in [0.2, 0.25) is 0 Å². The highest BCUT2D eigenvalue weighted by Crippen LogP contribution is 2.34. The van der Waals surface area contributed by atoms with Crippen molar-refractivity contribution in [1.29, 1.82) is 0 Å². The molecule has 5 nitrogen and oxygen atoms in total. The van der Waals surface area contributed by atoms with Crippen LogP contribution in [0.3, 0.4) is 0 Å². The fourth-order valence-electron chi connectivity index (χ4n) is 3.07. The molecule has 1 amide bonds. The third kappa shape index (κ3) is 4.37. The van der Waals surface area contributed by atoms with Gasteiger partial charge in [0.25, 0.3) is 5.91 Å². The van der Waals surface area contributed by atoms with Crippen LogP contribution in [0, 0.1) is 0 Å². The summed E-state index contributed by atoms with van der Waals surface area (Å²) in [5, 5.41) is 8.82. The number of rotatable bonds is 6. The summed E-state index contributed by atoms with van der Waals surface area (Å²) in [6.07, 6.45) is 1.49. The van der Waals surface area contributed by atoms with Crippen LogP contribution in [0.5, 0.6) is 0 Å². The minimum absolute atomic E-state index is 0.0640. The standard InChI is InChI=1S/C23H17NO4S2/c25-21(26)12-13-24-22(27)20(30-23(24)29)14-18-10-11-19(28-18)17-8-6-16(7-9-17)15-4-2-1-3-5-15/h1-11,14H,12-13H2,(H,25,26)/b20-14-. The van der Waals surface area contributed by atoms with E-state index in [9.17, 15) is 9.59 Å². The molecule has 30 heavy (non-hydrogen) atoms. The molecule has 1 aliphatic rings. The lowest BCUT2D eigenvalue weighted by atomic mass is 10.0. The van der Waals surface area contributed by atoms with E-state index in [1.54, 1.807) is 12.1 Å². The van der Waals surface area contributed by atoms with Gasteiger partial charge in [-0.1, -0.05) is 78.6 Å². The van der Waals surface area contributed by atoms with E-state index in [1.165, 1.54) is 4.90 Å². The number of carboxylic acid groups (broad SMARTS) is 1. The molecule has 1 aliphatic heterocycles. The zero-order valence-electron chi connectivity index (χ0n) is 15.8. The van der Waals surface area contributed by atoms with Gasteiger partial charge in [0.05, 0.1) is 11.3 Å². The summed E-state index contributed by atoms with van der Waals surface area (Å²) >= 11 is 6.35. The molecular weight excluding hydrogens is 418 g/mol. The van der Waals surface area contributed by atoms with Crippen molar-refractivity contribution in [2.45, 2.75) is 6.42 Å². The number of thioether (sulfide) groups is 1. The average Bonchev–Trinajstić information content (AvgIpc) is 3.32. The number of aliphatic carboxylic acids is 1. The summed E-state index contributed by atoms with van der Waals surface area (Å²) < 4.78 is 6.25. The summed E-state index contributed by atoms with van der Waals surface area (Å²) in [5.41, 5.74) is 3.20. The molecule has 1 saturated heterocycles. The summed E-state index contributed by atoms with van der Waals surface area (Å²) in [5.74, 6) is -0.0310. The van der Waals surface area contributed by atoms with Crippen molar-refractivity contribution in [2.75, 3.05) is 6.54 Å². The Labute approximate surface area is 183 Å². The van der Waals surface area contributed by atoms with Crippen LogP contribution in [0.1, 0.15) is 12.2 Å². The van der Waals surface area contributed by atoms with Crippen LogP contribution in [0.25, 0.3) is 28.5 Å². The normalized spacial score (nSPS) is 15.2. The molecule has 0 radical (unpaired) electrons. The molecule has 0 saturated carbocycles. The van der Waals surface area contributed by atoms with Crippen molar-refractivity contribution in [1.82, 2.24) is 4.90 Å². The molecule has 2 aromatic carbocycles. The average molecular weight is 436 g/mol. The Bertz CT molecular complexity index is 1130. The number of hydrogen-bond donors (Lipinski definition) is 1. The number of hydrogen-bond acceptors (Lipinski definition) is 5. The molecule has 0 atom stereocenters. The van der Waals surface area contributed by atoms with Crippen LogP contribution in [0.15, 0.2) is 76.1 Å². The molecule has 0 aliphatic carbocycles. The largest absolute Gasteiger partial charge is 0.481 e. The van der Waals surface area contributed by atoms with Crippen LogP contribution in [-0.4, -0.2) is 32.7 Å². The van der Waals surface area contributed by atoms with E-state index in [-0.39, 0.29) is 18.9 Å². The number of thiocarbonyl (C=S) groups is 1. The van der Waals surface area contributed by atoms with Crippen LogP contribution in [0.4, 0.5) is 0 Å². The smallest absolute Gasteiger partial charge is 0.305 e. The summed E-state index contributed by atoms with van der Waals surface area (Å²) in [4.78, 5) is 25.0. The first-order valence-electron chi connectivity index (χ1n) is 9.24. The Morgan fingerprint density at radius 1 is 1.00 bits per heavy atom. The van der Waals surface area contributed by atoms with E-state index in [1.807, 2.05) is 48.5 Å². The maximum atomic E-state index is 12.5. The lowest BCUT2D eigenvalue weighted by molar-refractivity contribution is -0.137. The second-order valence-corrected chi connectivity index (χ2v) is 8.30. The molecule has 1 fully saturated rings. The fraction of sp³-hybridized carbons (Fsp3) is 0.0870. The predicted molar refractivity (Wildman–Crippen MR) is 122 cm³/mol. The number of carboxylic acids is 1. The SMILES string of the molecule is O=C(O)CCN1C(=O)/C(=C/c2ccc(-c3ccc(-c4ccccc4)cc3)o2)SC1=S. The van der Waals surface area contributed by atoms with E-state index < -0.39 is 5.97 Å². The molecule has 1 aromatic heterocycles. The first-order chi connectivity index (χ1) is 14.5. The number of furan rings is 1. The van der Waals surface area contributed by atoms with Crippen LogP contribution in [0.2, 0.25) is 0 Å².